The largest absolute Gasteiger partial charge is 0.465 e. The fourth-order valence-electron chi connectivity index (χ4n) is 2.17. The molecule has 0 atom stereocenters. The van der Waals surface area contributed by atoms with Gasteiger partial charge in [0.05, 0.1) is 6.26 Å². The number of carbonyl (C=O) groups excluding carboxylic acids is 1. The minimum absolute atomic E-state index is 0.246. The second-order valence-corrected chi connectivity index (χ2v) is 5.05. The second-order valence-electron chi connectivity index (χ2n) is 4.65. The van der Waals surface area contributed by atoms with Crippen LogP contribution in [0.2, 0.25) is 0 Å². The number of nitrogens with one attached hydrogen (secondary N) is 2. The Labute approximate surface area is 118 Å². The highest BCUT2D eigenvalue weighted by Crippen LogP contribution is 2.17. The lowest BCUT2D eigenvalue weighted by Crippen LogP contribution is -2.44. The summed E-state index contributed by atoms with van der Waals surface area (Å²) in [4.78, 5) is 11.6. The SMILES string of the molecule is O=C(C=Cc1ccco1)NC(=S)NC1CCCCC1. The molecule has 0 spiro atoms. The summed E-state index contributed by atoms with van der Waals surface area (Å²) in [5.41, 5.74) is 0. The summed E-state index contributed by atoms with van der Waals surface area (Å²) in [5.74, 6) is 0.394. The van der Waals surface area contributed by atoms with E-state index in [0.717, 1.165) is 12.8 Å². The predicted molar refractivity (Wildman–Crippen MR) is 78.5 cm³/mol. The van der Waals surface area contributed by atoms with Crippen LogP contribution in [0.25, 0.3) is 6.08 Å². The van der Waals surface area contributed by atoms with Crippen LogP contribution in [0.1, 0.15) is 37.9 Å². The molecule has 1 saturated carbocycles. The van der Waals surface area contributed by atoms with Crippen molar-refractivity contribution in [2.24, 2.45) is 0 Å². The van der Waals surface area contributed by atoms with Crippen LogP contribution in [0.4, 0.5) is 0 Å². The first-order chi connectivity index (χ1) is 9.24. The Bertz CT molecular complexity index is 448. The van der Waals surface area contributed by atoms with Gasteiger partial charge in [-0.3, -0.25) is 10.1 Å². The molecule has 1 heterocycles. The molecular weight excluding hydrogens is 260 g/mol. The summed E-state index contributed by atoms with van der Waals surface area (Å²) in [6.07, 6.45) is 10.6. The van der Waals surface area contributed by atoms with Crippen molar-refractivity contribution in [3.8, 4) is 0 Å². The number of hydrogen-bond acceptors (Lipinski definition) is 3. The van der Waals surface area contributed by atoms with Gasteiger partial charge in [-0.05, 0) is 43.3 Å². The molecule has 0 bridgehead atoms. The van der Waals surface area contributed by atoms with E-state index in [1.165, 1.54) is 25.3 Å². The van der Waals surface area contributed by atoms with Crippen molar-refractivity contribution in [3.05, 3.63) is 30.2 Å². The molecule has 0 aromatic carbocycles. The number of hydrogen-bond donors (Lipinski definition) is 2. The standard InChI is InChI=1S/C14H18N2O2S/c17-13(9-8-12-7-4-10-18-12)16-14(19)15-11-5-2-1-3-6-11/h4,7-11H,1-3,5-6H2,(H2,15,16,17,19). The molecule has 2 rings (SSSR count). The minimum Gasteiger partial charge on any atom is -0.465 e. The smallest absolute Gasteiger partial charge is 0.250 e. The second kappa shape index (κ2) is 7.09. The molecule has 1 aromatic rings. The average Bonchev–Trinajstić information content (AvgIpc) is 2.90. The maximum absolute atomic E-state index is 11.6. The van der Waals surface area contributed by atoms with Gasteiger partial charge in [-0.1, -0.05) is 19.3 Å². The topological polar surface area (TPSA) is 54.3 Å². The van der Waals surface area contributed by atoms with Crippen LogP contribution in [0.5, 0.6) is 0 Å². The van der Waals surface area contributed by atoms with Crippen LogP contribution < -0.4 is 10.6 Å². The molecule has 0 radical (unpaired) electrons. The van der Waals surface area contributed by atoms with Crippen LogP contribution in [0.3, 0.4) is 0 Å². The van der Waals surface area contributed by atoms with Gasteiger partial charge >= 0.3 is 0 Å². The van der Waals surface area contributed by atoms with Crippen molar-refractivity contribution in [2.45, 2.75) is 38.1 Å². The third-order valence-electron chi connectivity index (χ3n) is 3.12. The first-order valence-electron chi connectivity index (χ1n) is 6.57. The molecule has 1 amide bonds. The fourth-order valence-corrected chi connectivity index (χ4v) is 2.43. The van der Waals surface area contributed by atoms with Gasteiger partial charge in [-0.25, -0.2) is 0 Å². The molecule has 0 saturated heterocycles. The monoisotopic (exact) mass is 278 g/mol. The third-order valence-corrected chi connectivity index (χ3v) is 3.34. The predicted octanol–water partition coefficient (Wildman–Crippen LogP) is 2.62. The van der Waals surface area contributed by atoms with Gasteiger partial charge in [0.2, 0.25) is 5.91 Å². The van der Waals surface area contributed by atoms with E-state index in [1.54, 1.807) is 24.5 Å². The highest BCUT2D eigenvalue weighted by atomic mass is 32.1. The van der Waals surface area contributed by atoms with Crippen molar-refractivity contribution < 1.29 is 9.21 Å². The van der Waals surface area contributed by atoms with Crippen LogP contribution in [0.15, 0.2) is 28.9 Å². The molecule has 2 N–H and O–H groups in total. The van der Waals surface area contributed by atoms with Gasteiger partial charge in [0.15, 0.2) is 5.11 Å². The first-order valence-corrected chi connectivity index (χ1v) is 6.98. The molecular formula is C14H18N2O2S. The van der Waals surface area contributed by atoms with E-state index in [1.807, 2.05) is 0 Å². The molecule has 1 fully saturated rings. The zero-order chi connectivity index (χ0) is 13.5. The zero-order valence-electron chi connectivity index (χ0n) is 10.7. The molecule has 102 valence electrons. The van der Waals surface area contributed by atoms with Crippen molar-refractivity contribution in [3.63, 3.8) is 0 Å². The summed E-state index contributed by atoms with van der Waals surface area (Å²) < 4.78 is 5.10. The Kier molecular flexibility index (Phi) is 5.15. The maximum atomic E-state index is 11.6. The van der Waals surface area contributed by atoms with Crippen molar-refractivity contribution >= 4 is 29.3 Å². The van der Waals surface area contributed by atoms with E-state index in [-0.39, 0.29) is 5.91 Å². The lowest BCUT2D eigenvalue weighted by molar-refractivity contribution is -0.115. The first kappa shape index (κ1) is 13.8. The van der Waals surface area contributed by atoms with Gasteiger partial charge < -0.3 is 9.73 Å². The number of furan rings is 1. The number of carbonyl (C=O) groups is 1. The molecule has 0 aliphatic heterocycles. The Morgan fingerprint density at radius 3 is 2.84 bits per heavy atom. The third kappa shape index (κ3) is 4.87. The van der Waals surface area contributed by atoms with Gasteiger partial charge in [0.25, 0.3) is 0 Å². The molecule has 1 aliphatic carbocycles. The summed E-state index contributed by atoms with van der Waals surface area (Å²) in [6, 6.07) is 3.95. The van der Waals surface area contributed by atoms with Gasteiger partial charge in [-0.15, -0.1) is 0 Å². The van der Waals surface area contributed by atoms with E-state index in [2.05, 4.69) is 10.6 Å². The maximum Gasteiger partial charge on any atom is 0.250 e. The zero-order valence-corrected chi connectivity index (χ0v) is 11.5. The Hall–Kier alpha value is -1.62. The normalized spacial score (nSPS) is 16.4. The lowest BCUT2D eigenvalue weighted by Gasteiger charge is -2.23. The quantitative estimate of drug-likeness (QED) is 0.659. The molecule has 19 heavy (non-hydrogen) atoms. The van der Waals surface area contributed by atoms with Crippen LogP contribution in [0, 0.1) is 0 Å². The minimum atomic E-state index is -0.246. The summed E-state index contributed by atoms with van der Waals surface area (Å²) in [6.45, 7) is 0. The fraction of sp³-hybridized carbons (Fsp3) is 0.429. The Morgan fingerprint density at radius 2 is 2.16 bits per heavy atom. The van der Waals surface area contributed by atoms with Gasteiger partial charge in [-0.2, -0.15) is 0 Å². The number of thiocarbonyl (C=S) groups is 1. The molecule has 1 aromatic heterocycles. The van der Waals surface area contributed by atoms with Crippen LogP contribution in [-0.4, -0.2) is 17.1 Å². The van der Waals surface area contributed by atoms with Crippen molar-refractivity contribution in [1.29, 1.82) is 0 Å². The van der Waals surface area contributed by atoms with Crippen LogP contribution in [-0.2, 0) is 4.79 Å². The van der Waals surface area contributed by atoms with E-state index in [4.69, 9.17) is 16.6 Å². The van der Waals surface area contributed by atoms with E-state index in [9.17, 15) is 4.79 Å². The van der Waals surface area contributed by atoms with Gasteiger partial charge in [0, 0.05) is 12.1 Å². The Balaban J connectivity index is 1.73. The van der Waals surface area contributed by atoms with Gasteiger partial charge in [0.1, 0.15) is 5.76 Å². The summed E-state index contributed by atoms with van der Waals surface area (Å²) in [5, 5.41) is 6.23. The highest BCUT2D eigenvalue weighted by molar-refractivity contribution is 7.80. The average molecular weight is 278 g/mol. The van der Waals surface area contributed by atoms with Crippen molar-refractivity contribution in [1.82, 2.24) is 10.6 Å². The Morgan fingerprint density at radius 1 is 1.37 bits per heavy atom. The lowest BCUT2D eigenvalue weighted by atomic mass is 9.96. The summed E-state index contributed by atoms with van der Waals surface area (Å²) >= 11 is 5.12. The highest BCUT2D eigenvalue weighted by Gasteiger charge is 2.14. The van der Waals surface area contributed by atoms with E-state index in [0.29, 0.717) is 16.9 Å². The van der Waals surface area contributed by atoms with Crippen LogP contribution >= 0.6 is 12.2 Å². The van der Waals surface area contributed by atoms with Crippen molar-refractivity contribution in [2.75, 3.05) is 0 Å². The molecule has 0 unspecified atom stereocenters. The number of rotatable bonds is 3. The molecule has 4 nitrogen and oxygen atoms in total. The molecule has 5 heteroatoms. The molecule has 1 aliphatic rings. The number of amides is 1. The summed E-state index contributed by atoms with van der Waals surface area (Å²) in [7, 11) is 0. The van der Waals surface area contributed by atoms with E-state index < -0.39 is 0 Å². The van der Waals surface area contributed by atoms with E-state index >= 15 is 0 Å².